The first-order valence-electron chi connectivity index (χ1n) is 7.75. The summed E-state index contributed by atoms with van der Waals surface area (Å²) in [7, 11) is 0. The van der Waals surface area contributed by atoms with Gasteiger partial charge in [0.2, 0.25) is 5.91 Å². The molecule has 1 amide bonds. The van der Waals surface area contributed by atoms with Crippen molar-refractivity contribution in [2.24, 2.45) is 5.73 Å². The smallest absolute Gasteiger partial charge is 0.224 e. The van der Waals surface area contributed by atoms with Crippen LogP contribution < -0.4 is 11.1 Å². The van der Waals surface area contributed by atoms with Crippen LogP contribution in [-0.4, -0.2) is 18.0 Å². The van der Waals surface area contributed by atoms with Crippen LogP contribution in [-0.2, 0) is 11.2 Å². The van der Waals surface area contributed by atoms with Crippen molar-refractivity contribution >= 4 is 5.91 Å². The molecule has 2 atom stereocenters. The average Bonchev–Trinajstić information content (AvgIpc) is 2.43. The lowest BCUT2D eigenvalue weighted by atomic mass is 9.91. The number of benzene rings is 1. The second-order valence-corrected chi connectivity index (χ2v) is 5.29. The summed E-state index contributed by atoms with van der Waals surface area (Å²) in [6.45, 7) is 6.04. The van der Waals surface area contributed by atoms with Gasteiger partial charge in [0.15, 0.2) is 0 Å². The highest BCUT2D eigenvalue weighted by Crippen LogP contribution is 2.17. The average molecular weight is 292 g/mol. The predicted octanol–water partition coefficient (Wildman–Crippen LogP) is 3.59. The predicted molar refractivity (Wildman–Crippen MR) is 91.3 cm³/mol. The molecule has 0 aliphatic heterocycles. The van der Waals surface area contributed by atoms with Gasteiger partial charge in [0, 0.05) is 12.1 Å². The number of hydrogen-bond donors (Lipinski definition) is 2. The molecule has 3 N–H and O–H groups in total. The topological polar surface area (TPSA) is 55.1 Å². The zero-order chi connectivity index (χ0) is 15.0. The lowest BCUT2D eigenvalue weighted by molar-refractivity contribution is -0.121. The van der Waals surface area contributed by atoms with Gasteiger partial charge in [-0.3, -0.25) is 4.79 Å². The third-order valence-corrected chi connectivity index (χ3v) is 3.61. The van der Waals surface area contributed by atoms with Gasteiger partial charge in [-0.1, -0.05) is 63.9 Å². The summed E-state index contributed by atoms with van der Waals surface area (Å²) < 4.78 is 0. The van der Waals surface area contributed by atoms with Crippen molar-refractivity contribution in [1.82, 2.24) is 5.32 Å². The second-order valence-electron chi connectivity index (χ2n) is 5.29. The maximum absolute atomic E-state index is 12.0. The monoisotopic (exact) mass is 292 g/mol. The zero-order valence-corrected chi connectivity index (χ0v) is 13.0. The van der Waals surface area contributed by atoms with Crippen molar-refractivity contribution in [2.45, 2.75) is 72.4 Å². The Morgan fingerprint density at radius 3 is 2.57 bits per heavy atom. The second kappa shape index (κ2) is 10.4. The van der Waals surface area contributed by atoms with Gasteiger partial charge in [-0.25, -0.2) is 0 Å². The third-order valence-electron chi connectivity index (χ3n) is 3.61. The molecule has 2 rings (SSSR count). The van der Waals surface area contributed by atoms with Crippen molar-refractivity contribution in [3.63, 3.8) is 0 Å². The summed E-state index contributed by atoms with van der Waals surface area (Å²) in [5.74, 6) is 0.0861. The first kappa shape index (κ1) is 19.7. The summed E-state index contributed by atoms with van der Waals surface area (Å²) in [6.07, 6.45) is 4.84. The highest BCUT2D eigenvalue weighted by Gasteiger charge is 2.23. The molecule has 2 unspecified atom stereocenters. The minimum atomic E-state index is 0. The fourth-order valence-electron chi connectivity index (χ4n) is 2.60. The summed E-state index contributed by atoms with van der Waals surface area (Å²) >= 11 is 0. The molecule has 0 bridgehead atoms. The van der Waals surface area contributed by atoms with Crippen molar-refractivity contribution in [1.29, 1.82) is 0 Å². The Kier molecular flexibility index (Phi) is 9.72. The van der Waals surface area contributed by atoms with Gasteiger partial charge >= 0.3 is 0 Å². The lowest BCUT2D eigenvalue weighted by Gasteiger charge is -2.29. The summed E-state index contributed by atoms with van der Waals surface area (Å²) in [6, 6.07) is 8.37. The zero-order valence-electron chi connectivity index (χ0n) is 13.0. The molecule has 0 heterocycles. The van der Waals surface area contributed by atoms with Crippen LogP contribution >= 0.6 is 0 Å². The molecule has 3 heteroatoms. The highest BCUT2D eigenvalue weighted by atomic mass is 16.1. The van der Waals surface area contributed by atoms with Gasteiger partial charge < -0.3 is 11.1 Å². The highest BCUT2D eigenvalue weighted by molar-refractivity contribution is 5.79. The number of carbonyl (C=O) groups is 1. The molecule has 0 radical (unpaired) electrons. The number of nitrogens with one attached hydrogen (secondary N) is 1. The van der Waals surface area contributed by atoms with E-state index in [1.54, 1.807) is 0 Å². The number of amides is 1. The molecule has 1 aliphatic rings. The molecule has 1 aromatic rings. The maximum Gasteiger partial charge on any atom is 0.224 e. The van der Waals surface area contributed by atoms with Crippen LogP contribution in [0.25, 0.3) is 0 Å². The van der Waals surface area contributed by atoms with Crippen molar-refractivity contribution in [3.8, 4) is 0 Å². The molecule has 21 heavy (non-hydrogen) atoms. The van der Waals surface area contributed by atoms with Crippen molar-refractivity contribution < 1.29 is 4.79 Å². The first-order valence-corrected chi connectivity index (χ1v) is 7.75. The maximum atomic E-state index is 12.0. The quantitative estimate of drug-likeness (QED) is 0.894. The fraction of sp³-hybridized carbons (Fsp3) is 0.611. The molecule has 1 saturated carbocycles. The molecule has 0 saturated heterocycles. The first-order chi connectivity index (χ1) is 9.65. The Labute approximate surface area is 130 Å². The Hall–Kier alpha value is -1.35. The van der Waals surface area contributed by atoms with E-state index >= 15 is 0 Å². The number of aryl methyl sites for hydroxylation is 1. The molecule has 3 nitrogen and oxygen atoms in total. The van der Waals surface area contributed by atoms with Crippen LogP contribution in [0.1, 0.15) is 58.1 Å². The molecular weight excluding hydrogens is 260 g/mol. The summed E-state index contributed by atoms with van der Waals surface area (Å²) in [4.78, 5) is 12.0. The largest absolute Gasteiger partial charge is 0.352 e. The van der Waals surface area contributed by atoms with Crippen LogP contribution in [0.4, 0.5) is 0 Å². The van der Waals surface area contributed by atoms with Gasteiger partial charge in [0.25, 0.3) is 0 Å². The van der Waals surface area contributed by atoms with E-state index in [9.17, 15) is 4.79 Å². The van der Waals surface area contributed by atoms with Crippen LogP contribution in [0.5, 0.6) is 0 Å². The van der Waals surface area contributed by atoms with E-state index in [1.165, 1.54) is 18.4 Å². The number of carbonyl (C=O) groups excluding carboxylic acids is 1. The van der Waals surface area contributed by atoms with Crippen molar-refractivity contribution in [2.75, 3.05) is 0 Å². The molecule has 0 aromatic heterocycles. The third kappa shape index (κ3) is 6.76. The summed E-state index contributed by atoms with van der Waals surface area (Å²) in [5.41, 5.74) is 8.29. The van der Waals surface area contributed by atoms with Gasteiger partial charge in [-0.15, -0.1) is 0 Å². The number of nitrogens with two attached hydrogens (primary N) is 1. The van der Waals surface area contributed by atoms with E-state index < -0.39 is 0 Å². The standard InChI is InChI=1S/C15H22N2O.C2H6.CH4/c1-11-5-4-6-12(9-11)10-15(18)17-14-8-3-2-7-13(14)16;1-2;/h4-6,9,13-14H,2-3,7-8,10,16H2,1H3,(H,17,18);1-2H3;1H4. The van der Waals surface area contributed by atoms with E-state index in [0.29, 0.717) is 6.42 Å². The summed E-state index contributed by atoms with van der Waals surface area (Å²) in [5, 5.41) is 3.07. The van der Waals surface area contributed by atoms with Gasteiger partial charge in [-0.2, -0.15) is 0 Å². The van der Waals surface area contributed by atoms with E-state index in [0.717, 1.165) is 18.4 Å². The SMILES string of the molecule is C.CC.Cc1cccc(CC(=O)NC2CCCCC2N)c1. The number of rotatable bonds is 3. The van der Waals surface area contributed by atoms with Gasteiger partial charge in [0.05, 0.1) is 6.42 Å². The minimum absolute atomic E-state index is 0. The Morgan fingerprint density at radius 2 is 1.95 bits per heavy atom. The molecule has 1 fully saturated rings. The van der Waals surface area contributed by atoms with Crippen LogP contribution in [0, 0.1) is 6.92 Å². The Bertz CT molecular complexity index is 417. The van der Waals surface area contributed by atoms with E-state index in [2.05, 4.69) is 11.4 Å². The van der Waals surface area contributed by atoms with E-state index in [4.69, 9.17) is 5.73 Å². The molecule has 120 valence electrons. The van der Waals surface area contributed by atoms with Gasteiger partial charge in [-0.05, 0) is 25.3 Å². The van der Waals surface area contributed by atoms with Crippen LogP contribution in [0.2, 0.25) is 0 Å². The van der Waals surface area contributed by atoms with Crippen LogP contribution in [0.15, 0.2) is 24.3 Å². The normalized spacial score (nSPS) is 20.6. The van der Waals surface area contributed by atoms with Gasteiger partial charge in [0.1, 0.15) is 0 Å². The minimum Gasteiger partial charge on any atom is -0.352 e. The molecular formula is C18H32N2O. The Balaban J connectivity index is 0.00000128. The molecule has 1 aliphatic carbocycles. The molecule has 0 spiro atoms. The van der Waals surface area contributed by atoms with E-state index in [-0.39, 0.29) is 25.4 Å². The van der Waals surface area contributed by atoms with E-state index in [1.807, 2.05) is 39.0 Å². The van der Waals surface area contributed by atoms with Crippen LogP contribution in [0.3, 0.4) is 0 Å². The Morgan fingerprint density at radius 1 is 1.29 bits per heavy atom. The lowest BCUT2D eigenvalue weighted by Crippen LogP contribution is -2.49. The van der Waals surface area contributed by atoms with Crippen molar-refractivity contribution in [3.05, 3.63) is 35.4 Å². The fourth-order valence-corrected chi connectivity index (χ4v) is 2.60. The number of hydrogen-bond acceptors (Lipinski definition) is 2. The molecule has 1 aromatic carbocycles.